The van der Waals surface area contributed by atoms with Crippen LogP contribution in [0.15, 0.2) is 42.5 Å². The predicted molar refractivity (Wildman–Crippen MR) is 99.3 cm³/mol. The van der Waals surface area contributed by atoms with Gasteiger partial charge in [0, 0.05) is 12.1 Å². The fraction of sp³-hybridized carbons (Fsp3) is 0.222. The lowest BCUT2D eigenvalue weighted by Crippen LogP contribution is -2.82. The summed E-state index contributed by atoms with van der Waals surface area (Å²) in [6, 6.07) is 12.0. The number of hydrazine groups is 1. The Morgan fingerprint density at radius 3 is 2.76 bits per heavy atom. The first-order valence-electron chi connectivity index (χ1n) is 7.81. The third kappa shape index (κ3) is 5.42. The Kier molecular flexibility index (Phi) is 7.16. The normalized spacial score (nSPS) is 10.5. The molecule has 0 spiro atoms. The van der Waals surface area contributed by atoms with Crippen LogP contribution in [0.5, 0.6) is 11.5 Å². The molecular weight excluding hydrogens is 341 g/mol. The molecule has 0 radical (unpaired) electrons. The lowest BCUT2D eigenvalue weighted by molar-refractivity contribution is -0.500. The van der Waals surface area contributed by atoms with Crippen molar-refractivity contribution in [3.8, 4) is 11.5 Å². The Balaban J connectivity index is 2.16. The summed E-state index contributed by atoms with van der Waals surface area (Å²) in [5.41, 5.74) is 4.05. The van der Waals surface area contributed by atoms with Gasteiger partial charge < -0.3 is 14.8 Å². The number of hydrogen-bond donors (Lipinski definition) is 3. The Bertz CT molecular complexity index is 753. The van der Waals surface area contributed by atoms with Gasteiger partial charge in [-0.2, -0.15) is 0 Å². The summed E-state index contributed by atoms with van der Waals surface area (Å²) in [6.07, 6.45) is 1.70. The first-order chi connectivity index (χ1) is 12.2. The minimum absolute atomic E-state index is 0.0944. The zero-order chi connectivity index (χ0) is 18.1. The highest BCUT2D eigenvalue weighted by Crippen LogP contribution is 2.30. The lowest BCUT2D eigenvalue weighted by atomic mass is 10.2. The molecule has 0 unspecified atom stereocenters. The standard InChI is InChI=1S/C18H20FN3O2S/c1-3-20-18(25)22-21-11-13-8-6-10-16(23-2)17(13)24-12-14-7-4-5-9-15(14)19/h4-11H,3,12H2,1-2H3,(H2,20,22,25)/p+1. The van der Waals surface area contributed by atoms with E-state index in [-0.39, 0.29) is 12.4 Å². The van der Waals surface area contributed by atoms with Crippen LogP contribution < -0.4 is 25.3 Å². The fourth-order valence-corrected chi connectivity index (χ4v) is 2.31. The molecule has 2 rings (SSSR count). The first kappa shape index (κ1) is 18.7. The van der Waals surface area contributed by atoms with Crippen molar-refractivity contribution in [2.24, 2.45) is 0 Å². The Morgan fingerprint density at radius 2 is 2.04 bits per heavy atom. The summed E-state index contributed by atoms with van der Waals surface area (Å²) in [5.74, 6) is 0.761. The van der Waals surface area contributed by atoms with Crippen molar-refractivity contribution in [2.75, 3.05) is 13.7 Å². The van der Waals surface area contributed by atoms with E-state index in [1.165, 1.54) is 6.07 Å². The number of nitrogens with one attached hydrogen (secondary N) is 3. The van der Waals surface area contributed by atoms with Crippen LogP contribution in [-0.4, -0.2) is 25.0 Å². The molecule has 0 fully saturated rings. The van der Waals surface area contributed by atoms with E-state index in [0.717, 1.165) is 12.1 Å². The number of para-hydroxylation sites is 1. The molecule has 0 heterocycles. The molecule has 3 N–H and O–H groups in total. The maximum atomic E-state index is 13.8. The molecular formula is C18H21FN3O2S+. The van der Waals surface area contributed by atoms with E-state index in [1.54, 1.807) is 37.6 Å². The third-order valence-corrected chi connectivity index (χ3v) is 3.56. The summed E-state index contributed by atoms with van der Waals surface area (Å²) in [6.45, 7) is 2.77. The zero-order valence-electron chi connectivity index (χ0n) is 14.1. The van der Waals surface area contributed by atoms with Gasteiger partial charge >= 0.3 is 0 Å². The molecule has 132 valence electrons. The molecule has 0 atom stereocenters. The molecule has 5 nitrogen and oxygen atoms in total. The largest absolute Gasteiger partial charge is 0.493 e. The molecule has 2 aromatic rings. The number of hydrazone groups is 1. The highest BCUT2D eigenvalue weighted by Gasteiger charge is 2.12. The van der Waals surface area contributed by atoms with Crippen molar-refractivity contribution in [2.45, 2.75) is 13.5 Å². The monoisotopic (exact) mass is 362 g/mol. The second kappa shape index (κ2) is 9.58. The molecule has 0 amide bonds. The SMILES string of the molecule is CCNC(=S)N[NH+]=Cc1cccc(OC)c1OCc1ccccc1F. The van der Waals surface area contributed by atoms with Gasteiger partial charge in [-0.1, -0.05) is 24.3 Å². The predicted octanol–water partition coefficient (Wildman–Crippen LogP) is 1.31. The molecule has 0 aliphatic heterocycles. The van der Waals surface area contributed by atoms with Crippen molar-refractivity contribution in [1.82, 2.24) is 10.7 Å². The molecule has 2 aromatic carbocycles. The van der Waals surface area contributed by atoms with Crippen LogP contribution in [0.4, 0.5) is 4.39 Å². The van der Waals surface area contributed by atoms with Crippen molar-refractivity contribution in [3.05, 3.63) is 59.4 Å². The van der Waals surface area contributed by atoms with E-state index >= 15 is 0 Å². The van der Waals surface area contributed by atoms with Gasteiger partial charge in [-0.25, -0.2) is 4.39 Å². The molecule has 0 aliphatic carbocycles. The lowest BCUT2D eigenvalue weighted by Gasteiger charge is -2.12. The van der Waals surface area contributed by atoms with E-state index in [1.807, 2.05) is 19.1 Å². The number of halogens is 1. The fourth-order valence-electron chi connectivity index (χ4n) is 2.11. The minimum atomic E-state index is -0.307. The van der Waals surface area contributed by atoms with Gasteiger partial charge in [-0.15, -0.1) is 10.5 Å². The zero-order valence-corrected chi connectivity index (χ0v) is 15.0. The summed E-state index contributed by atoms with van der Waals surface area (Å²) in [5, 5.41) is 6.34. The van der Waals surface area contributed by atoms with Crippen LogP contribution in [0.25, 0.3) is 0 Å². The van der Waals surface area contributed by atoms with Crippen LogP contribution in [0.1, 0.15) is 18.1 Å². The second-order valence-corrected chi connectivity index (χ2v) is 5.44. The maximum Gasteiger partial charge on any atom is 0.223 e. The van der Waals surface area contributed by atoms with E-state index in [0.29, 0.717) is 22.2 Å². The number of thiocarbonyl (C=S) groups is 1. The van der Waals surface area contributed by atoms with Crippen molar-refractivity contribution in [3.63, 3.8) is 0 Å². The van der Waals surface area contributed by atoms with Crippen molar-refractivity contribution < 1.29 is 19.0 Å². The number of rotatable bonds is 7. The quantitative estimate of drug-likeness (QED) is 0.394. The van der Waals surface area contributed by atoms with Gasteiger partial charge in [0.05, 0.1) is 12.7 Å². The first-order valence-corrected chi connectivity index (χ1v) is 8.22. The van der Waals surface area contributed by atoms with E-state index in [2.05, 4.69) is 15.8 Å². The van der Waals surface area contributed by atoms with Gasteiger partial charge in [0.25, 0.3) is 0 Å². The van der Waals surface area contributed by atoms with Gasteiger partial charge in [0.1, 0.15) is 12.4 Å². The van der Waals surface area contributed by atoms with Gasteiger partial charge in [-0.3, -0.25) is 0 Å². The average molecular weight is 362 g/mol. The number of benzene rings is 2. The molecule has 0 saturated carbocycles. The van der Waals surface area contributed by atoms with Crippen molar-refractivity contribution >= 4 is 23.5 Å². The summed E-state index contributed by atoms with van der Waals surface area (Å²) in [7, 11) is 1.56. The number of ether oxygens (including phenoxy) is 2. The topological polar surface area (TPSA) is 56.5 Å². The van der Waals surface area contributed by atoms with E-state index < -0.39 is 0 Å². The van der Waals surface area contributed by atoms with Crippen LogP contribution in [0.3, 0.4) is 0 Å². The summed E-state index contributed by atoms with van der Waals surface area (Å²) in [4.78, 5) is 0. The summed E-state index contributed by atoms with van der Waals surface area (Å²) >= 11 is 5.08. The average Bonchev–Trinajstić information content (AvgIpc) is 2.61. The molecule has 7 heteroatoms. The van der Waals surface area contributed by atoms with Crippen molar-refractivity contribution in [1.29, 1.82) is 0 Å². The molecule has 0 saturated heterocycles. The highest BCUT2D eigenvalue weighted by molar-refractivity contribution is 7.80. The Hall–Kier alpha value is -2.67. The molecule has 0 aromatic heterocycles. The Morgan fingerprint density at radius 1 is 1.24 bits per heavy atom. The summed E-state index contributed by atoms with van der Waals surface area (Å²) < 4.78 is 24.9. The molecule has 25 heavy (non-hydrogen) atoms. The molecule has 0 aliphatic rings. The smallest absolute Gasteiger partial charge is 0.223 e. The van der Waals surface area contributed by atoms with Crippen LogP contribution >= 0.6 is 12.2 Å². The van der Waals surface area contributed by atoms with Crippen LogP contribution in [0.2, 0.25) is 0 Å². The Labute approximate surface area is 151 Å². The van der Waals surface area contributed by atoms with E-state index in [9.17, 15) is 4.39 Å². The highest BCUT2D eigenvalue weighted by atomic mass is 32.1. The molecule has 0 bridgehead atoms. The van der Waals surface area contributed by atoms with Crippen LogP contribution in [0, 0.1) is 5.82 Å². The number of methoxy groups -OCH3 is 1. The minimum Gasteiger partial charge on any atom is -0.493 e. The van der Waals surface area contributed by atoms with Gasteiger partial charge in [0.2, 0.25) is 11.3 Å². The van der Waals surface area contributed by atoms with Crippen LogP contribution in [-0.2, 0) is 6.61 Å². The maximum absolute atomic E-state index is 13.8. The van der Waals surface area contributed by atoms with Gasteiger partial charge in [-0.05, 0) is 37.3 Å². The second-order valence-electron chi connectivity index (χ2n) is 5.03. The third-order valence-electron chi connectivity index (χ3n) is 3.31. The van der Waals surface area contributed by atoms with E-state index in [4.69, 9.17) is 21.7 Å². The number of hydrogen-bond acceptors (Lipinski definition) is 3. The van der Waals surface area contributed by atoms with Gasteiger partial charge in [0.15, 0.2) is 11.5 Å².